The van der Waals surface area contributed by atoms with Crippen LogP contribution in [-0.2, 0) is 24.8 Å². The Morgan fingerprint density at radius 2 is 2.14 bits per heavy atom. The van der Waals surface area contributed by atoms with Crippen molar-refractivity contribution in [3.8, 4) is 11.5 Å². The molecule has 0 spiro atoms. The van der Waals surface area contributed by atoms with Crippen LogP contribution in [0.2, 0.25) is 0 Å². The standard InChI is InChI=1S/C20H28N6O3/c1-14-24-25-19(26(14)2)12-23-20(22-11-16-4-3-9-27-16)21-8-7-15-5-6-17-18(10-15)29-13-28-17/h5-6,10,16H,3-4,7-9,11-13H2,1-2H3,(H2,21,22,23). The van der Waals surface area contributed by atoms with E-state index in [0.29, 0.717) is 13.3 Å². The SMILES string of the molecule is Cc1nnc(CN=C(NCCc2ccc3c(c2)OCO3)NCC2CCCO2)n1C. The lowest BCUT2D eigenvalue weighted by Crippen LogP contribution is -2.42. The van der Waals surface area contributed by atoms with Crippen LogP contribution in [0, 0.1) is 6.92 Å². The van der Waals surface area contributed by atoms with E-state index in [2.05, 4.69) is 31.9 Å². The van der Waals surface area contributed by atoms with Gasteiger partial charge in [-0.3, -0.25) is 0 Å². The molecule has 9 nitrogen and oxygen atoms in total. The Bertz CT molecular complexity index is 860. The number of hydrogen-bond donors (Lipinski definition) is 2. The average Bonchev–Trinajstić information content (AvgIpc) is 3.47. The number of guanidine groups is 1. The molecular weight excluding hydrogens is 372 g/mol. The fraction of sp³-hybridized carbons (Fsp3) is 0.550. The van der Waals surface area contributed by atoms with Crippen molar-refractivity contribution in [2.75, 3.05) is 26.5 Å². The van der Waals surface area contributed by atoms with Crippen LogP contribution >= 0.6 is 0 Å². The van der Waals surface area contributed by atoms with Crippen LogP contribution in [0.4, 0.5) is 0 Å². The summed E-state index contributed by atoms with van der Waals surface area (Å²) in [6, 6.07) is 6.05. The Kier molecular flexibility index (Phi) is 6.14. The minimum atomic E-state index is 0.243. The van der Waals surface area contributed by atoms with E-state index in [-0.39, 0.29) is 6.10 Å². The molecule has 156 valence electrons. The Labute approximate surface area is 170 Å². The van der Waals surface area contributed by atoms with Crippen molar-refractivity contribution in [3.63, 3.8) is 0 Å². The molecule has 2 aromatic rings. The third kappa shape index (κ3) is 4.97. The largest absolute Gasteiger partial charge is 0.454 e. The molecule has 0 saturated carbocycles. The first-order chi connectivity index (χ1) is 14.2. The topological polar surface area (TPSA) is 94.8 Å². The van der Waals surface area contributed by atoms with Gasteiger partial charge in [-0.2, -0.15) is 0 Å². The van der Waals surface area contributed by atoms with Gasteiger partial charge in [-0.1, -0.05) is 6.07 Å². The summed E-state index contributed by atoms with van der Waals surface area (Å²) >= 11 is 0. The van der Waals surface area contributed by atoms with Crippen molar-refractivity contribution in [1.29, 1.82) is 0 Å². The summed E-state index contributed by atoms with van der Waals surface area (Å²) in [5, 5.41) is 15.1. The summed E-state index contributed by atoms with van der Waals surface area (Å²) in [7, 11) is 1.95. The Hall–Kier alpha value is -2.81. The maximum Gasteiger partial charge on any atom is 0.231 e. The van der Waals surface area contributed by atoms with Gasteiger partial charge in [0.05, 0.1) is 6.10 Å². The van der Waals surface area contributed by atoms with Gasteiger partial charge in [0.2, 0.25) is 6.79 Å². The van der Waals surface area contributed by atoms with E-state index in [0.717, 1.165) is 68.1 Å². The number of hydrogen-bond acceptors (Lipinski definition) is 6. The number of fused-ring (bicyclic) bond motifs is 1. The quantitative estimate of drug-likeness (QED) is 0.534. The second-order valence-corrected chi connectivity index (χ2v) is 7.27. The number of aliphatic imine (C=N–C) groups is 1. The Morgan fingerprint density at radius 1 is 1.24 bits per heavy atom. The fourth-order valence-electron chi connectivity index (χ4n) is 3.35. The zero-order chi connectivity index (χ0) is 20.1. The molecule has 1 saturated heterocycles. The van der Waals surface area contributed by atoms with Gasteiger partial charge in [-0.25, -0.2) is 4.99 Å². The zero-order valence-electron chi connectivity index (χ0n) is 17.0. The van der Waals surface area contributed by atoms with Gasteiger partial charge < -0.3 is 29.4 Å². The van der Waals surface area contributed by atoms with Crippen LogP contribution in [-0.4, -0.2) is 53.3 Å². The number of nitrogens with one attached hydrogen (secondary N) is 2. The van der Waals surface area contributed by atoms with Crippen LogP contribution in [0.5, 0.6) is 11.5 Å². The van der Waals surface area contributed by atoms with E-state index in [1.165, 1.54) is 5.56 Å². The molecule has 2 aliphatic rings. The third-order valence-electron chi connectivity index (χ3n) is 5.23. The molecule has 0 radical (unpaired) electrons. The number of ether oxygens (including phenoxy) is 3. The van der Waals surface area contributed by atoms with Gasteiger partial charge in [0, 0.05) is 26.7 Å². The van der Waals surface area contributed by atoms with E-state index < -0.39 is 0 Å². The van der Waals surface area contributed by atoms with Crippen molar-refractivity contribution in [2.45, 2.75) is 38.8 Å². The van der Waals surface area contributed by atoms with Gasteiger partial charge in [0.25, 0.3) is 0 Å². The smallest absolute Gasteiger partial charge is 0.231 e. The molecule has 1 aromatic heterocycles. The minimum absolute atomic E-state index is 0.243. The molecule has 2 N–H and O–H groups in total. The van der Waals surface area contributed by atoms with Crippen LogP contribution in [0.1, 0.15) is 30.1 Å². The van der Waals surface area contributed by atoms with Crippen molar-refractivity contribution in [3.05, 3.63) is 35.4 Å². The predicted octanol–water partition coefficient (Wildman–Crippen LogP) is 1.31. The van der Waals surface area contributed by atoms with Crippen molar-refractivity contribution >= 4 is 5.96 Å². The second-order valence-electron chi connectivity index (χ2n) is 7.27. The normalized spacial score (nSPS) is 18.3. The zero-order valence-corrected chi connectivity index (χ0v) is 17.0. The average molecular weight is 400 g/mol. The van der Waals surface area contributed by atoms with E-state index in [1.54, 1.807) is 0 Å². The molecule has 3 heterocycles. The molecule has 1 atom stereocenters. The van der Waals surface area contributed by atoms with Crippen LogP contribution < -0.4 is 20.1 Å². The molecule has 9 heteroatoms. The number of aryl methyl sites for hydroxylation is 1. The Balaban J connectivity index is 1.34. The Morgan fingerprint density at radius 3 is 2.93 bits per heavy atom. The highest BCUT2D eigenvalue weighted by Gasteiger charge is 2.16. The first-order valence-electron chi connectivity index (χ1n) is 10.1. The molecule has 0 aliphatic carbocycles. The lowest BCUT2D eigenvalue weighted by atomic mass is 10.1. The van der Waals surface area contributed by atoms with E-state index in [4.69, 9.17) is 14.2 Å². The molecule has 1 aromatic carbocycles. The maximum absolute atomic E-state index is 5.71. The minimum Gasteiger partial charge on any atom is -0.454 e. The molecule has 0 bridgehead atoms. The van der Waals surface area contributed by atoms with Crippen LogP contribution in [0.25, 0.3) is 0 Å². The highest BCUT2D eigenvalue weighted by Crippen LogP contribution is 2.32. The predicted molar refractivity (Wildman–Crippen MR) is 108 cm³/mol. The van der Waals surface area contributed by atoms with Crippen molar-refractivity contribution in [2.24, 2.45) is 12.0 Å². The van der Waals surface area contributed by atoms with Gasteiger partial charge in [-0.15, -0.1) is 10.2 Å². The monoisotopic (exact) mass is 400 g/mol. The number of rotatable bonds is 7. The fourth-order valence-corrected chi connectivity index (χ4v) is 3.35. The van der Waals surface area contributed by atoms with Gasteiger partial charge in [0.1, 0.15) is 12.4 Å². The molecule has 1 fully saturated rings. The van der Waals surface area contributed by atoms with Crippen LogP contribution in [0.15, 0.2) is 23.2 Å². The highest BCUT2D eigenvalue weighted by molar-refractivity contribution is 5.79. The van der Waals surface area contributed by atoms with E-state index in [1.807, 2.05) is 30.7 Å². The number of nitrogens with zero attached hydrogens (tertiary/aromatic N) is 4. The van der Waals surface area contributed by atoms with Gasteiger partial charge in [0.15, 0.2) is 23.3 Å². The number of aromatic nitrogens is 3. The summed E-state index contributed by atoms with van der Waals surface area (Å²) < 4.78 is 18.5. The van der Waals surface area contributed by atoms with E-state index in [9.17, 15) is 0 Å². The molecular formula is C20H28N6O3. The summed E-state index contributed by atoms with van der Waals surface area (Å²) in [5.41, 5.74) is 1.18. The summed E-state index contributed by atoms with van der Waals surface area (Å²) in [4.78, 5) is 4.69. The van der Waals surface area contributed by atoms with Crippen molar-refractivity contribution in [1.82, 2.24) is 25.4 Å². The molecule has 2 aliphatic heterocycles. The maximum atomic E-state index is 5.71. The highest BCUT2D eigenvalue weighted by atomic mass is 16.7. The third-order valence-corrected chi connectivity index (χ3v) is 5.23. The number of benzene rings is 1. The molecule has 1 unspecified atom stereocenters. The molecule has 0 amide bonds. The van der Waals surface area contributed by atoms with E-state index >= 15 is 0 Å². The van der Waals surface area contributed by atoms with Crippen LogP contribution in [0.3, 0.4) is 0 Å². The lowest BCUT2D eigenvalue weighted by Gasteiger charge is -2.15. The second kappa shape index (κ2) is 9.13. The lowest BCUT2D eigenvalue weighted by molar-refractivity contribution is 0.114. The van der Waals surface area contributed by atoms with Gasteiger partial charge >= 0.3 is 0 Å². The first kappa shape index (κ1) is 19.5. The van der Waals surface area contributed by atoms with Crippen molar-refractivity contribution < 1.29 is 14.2 Å². The summed E-state index contributed by atoms with van der Waals surface area (Å²) in [6.07, 6.45) is 3.29. The summed E-state index contributed by atoms with van der Waals surface area (Å²) in [5.74, 6) is 4.07. The molecule has 4 rings (SSSR count). The van der Waals surface area contributed by atoms with Gasteiger partial charge in [-0.05, 0) is 43.9 Å². The molecule has 29 heavy (non-hydrogen) atoms. The first-order valence-corrected chi connectivity index (χ1v) is 10.1. The summed E-state index contributed by atoms with van der Waals surface area (Å²) in [6.45, 7) is 5.02.